The monoisotopic (exact) mass is 488 g/mol. The molecular formula is C23H28N4O8. The maximum atomic E-state index is 12.0. The first kappa shape index (κ1) is 26.8. The van der Waals surface area contributed by atoms with Gasteiger partial charge in [0.2, 0.25) is 11.8 Å². The van der Waals surface area contributed by atoms with Crippen LogP contribution in [0, 0.1) is 0 Å². The Balaban J connectivity index is 1.97. The zero-order valence-electron chi connectivity index (χ0n) is 20.3. The van der Waals surface area contributed by atoms with Gasteiger partial charge in [0.15, 0.2) is 23.0 Å². The molecule has 0 saturated heterocycles. The molecule has 0 heterocycles. The molecule has 0 bridgehead atoms. The van der Waals surface area contributed by atoms with E-state index >= 15 is 0 Å². The molecule has 0 fully saturated rings. The normalized spacial score (nSPS) is 10.7. The Bertz CT molecular complexity index is 1020. The lowest BCUT2D eigenvalue weighted by molar-refractivity contribution is -0.129. The van der Waals surface area contributed by atoms with Crippen LogP contribution in [0.5, 0.6) is 34.5 Å². The maximum Gasteiger partial charge on any atom is 0.249 e. The van der Waals surface area contributed by atoms with Crippen LogP contribution in [-0.4, -0.2) is 66.9 Å². The van der Waals surface area contributed by atoms with Crippen molar-refractivity contribution in [1.82, 2.24) is 10.9 Å². The van der Waals surface area contributed by atoms with Gasteiger partial charge in [0, 0.05) is 23.3 Å². The number of methoxy groups -OCH3 is 6. The molecule has 0 saturated carbocycles. The van der Waals surface area contributed by atoms with Gasteiger partial charge in [-0.2, -0.15) is 10.2 Å². The van der Waals surface area contributed by atoms with Gasteiger partial charge in [-0.3, -0.25) is 9.59 Å². The Kier molecular flexibility index (Phi) is 10.2. The van der Waals surface area contributed by atoms with Crippen LogP contribution in [0.3, 0.4) is 0 Å². The first-order chi connectivity index (χ1) is 16.9. The van der Waals surface area contributed by atoms with Crippen molar-refractivity contribution < 1.29 is 38.0 Å². The van der Waals surface area contributed by atoms with Crippen LogP contribution in [0.2, 0.25) is 0 Å². The second kappa shape index (κ2) is 13.3. The van der Waals surface area contributed by atoms with E-state index in [-0.39, 0.29) is 0 Å². The number of rotatable bonds is 12. The Morgan fingerprint density at radius 2 is 0.914 bits per heavy atom. The minimum atomic E-state index is -0.642. The third-order valence-electron chi connectivity index (χ3n) is 4.58. The molecule has 188 valence electrons. The minimum absolute atomic E-state index is 0.457. The highest BCUT2D eigenvalue weighted by Crippen LogP contribution is 2.34. The van der Waals surface area contributed by atoms with E-state index in [0.717, 1.165) is 0 Å². The van der Waals surface area contributed by atoms with Crippen LogP contribution in [-0.2, 0) is 9.59 Å². The standard InChI is InChI=1S/C23H28N4O8/c1-30-16-9-20(34-5)18(32-3)7-14(16)12-24-26-22(28)11-23(29)27-25-13-15-8-19(33-4)21(35-6)10-17(15)31-2/h7-10,12-13H,11H2,1-6H3,(H,26,28)(H,27,29)/b24-12-,25-13-. The van der Waals surface area contributed by atoms with Crippen LogP contribution >= 0.6 is 0 Å². The van der Waals surface area contributed by atoms with Crippen molar-refractivity contribution in [2.75, 3.05) is 42.7 Å². The third kappa shape index (κ3) is 7.25. The molecule has 0 aliphatic heterocycles. The molecule has 0 aliphatic carbocycles. The molecule has 12 nitrogen and oxygen atoms in total. The van der Waals surface area contributed by atoms with Crippen molar-refractivity contribution in [3.63, 3.8) is 0 Å². The molecule has 0 unspecified atom stereocenters. The highest BCUT2D eigenvalue weighted by atomic mass is 16.5. The number of benzene rings is 2. The average molecular weight is 488 g/mol. The summed E-state index contributed by atoms with van der Waals surface area (Å²) in [6.07, 6.45) is 2.22. The van der Waals surface area contributed by atoms with E-state index in [9.17, 15) is 9.59 Å². The molecule has 2 N–H and O–H groups in total. The molecule has 0 aromatic heterocycles. The number of carbonyl (C=O) groups is 2. The molecule has 35 heavy (non-hydrogen) atoms. The highest BCUT2D eigenvalue weighted by Gasteiger charge is 2.13. The minimum Gasteiger partial charge on any atom is -0.496 e. The van der Waals surface area contributed by atoms with Gasteiger partial charge in [-0.25, -0.2) is 10.9 Å². The predicted octanol–water partition coefficient (Wildman–Crippen LogP) is 1.73. The summed E-state index contributed by atoms with van der Waals surface area (Å²) >= 11 is 0. The fourth-order valence-electron chi connectivity index (χ4n) is 2.88. The highest BCUT2D eigenvalue weighted by molar-refractivity contribution is 5.97. The molecule has 2 aromatic carbocycles. The Morgan fingerprint density at radius 3 is 1.23 bits per heavy atom. The quantitative estimate of drug-likeness (QED) is 0.262. The van der Waals surface area contributed by atoms with Crippen LogP contribution in [0.25, 0.3) is 0 Å². The first-order valence-electron chi connectivity index (χ1n) is 10.1. The number of nitrogens with zero attached hydrogens (tertiary/aromatic N) is 2. The topological polar surface area (TPSA) is 138 Å². The summed E-state index contributed by atoms with van der Waals surface area (Å²) in [5.74, 6) is 1.52. The van der Waals surface area contributed by atoms with Crippen molar-refractivity contribution >= 4 is 24.2 Å². The van der Waals surface area contributed by atoms with E-state index in [1.807, 2.05) is 0 Å². The molecule has 12 heteroatoms. The molecular weight excluding hydrogens is 460 g/mol. The summed E-state index contributed by atoms with van der Waals surface area (Å²) in [5.41, 5.74) is 5.61. The number of amides is 2. The van der Waals surface area contributed by atoms with Gasteiger partial charge >= 0.3 is 0 Å². The maximum absolute atomic E-state index is 12.0. The molecule has 0 radical (unpaired) electrons. The fourth-order valence-corrected chi connectivity index (χ4v) is 2.88. The fraction of sp³-hybridized carbons (Fsp3) is 0.304. The van der Waals surface area contributed by atoms with Gasteiger partial charge in [0.25, 0.3) is 0 Å². The summed E-state index contributed by atoms with van der Waals surface area (Å²) in [6.45, 7) is 0. The van der Waals surface area contributed by atoms with Gasteiger partial charge in [0.05, 0.1) is 55.1 Å². The lowest BCUT2D eigenvalue weighted by Crippen LogP contribution is -2.27. The molecule has 0 atom stereocenters. The number of hydrazone groups is 2. The second-order valence-corrected chi connectivity index (χ2v) is 6.66. The Labute approximate surface area is 202 Å². The molecule has 0 spiro atoms. The lowest BCUT2D eigenvalue weighted by atomic mass is 10.2. The summed E-state index contributed by atoms with van der Waals surface area (Å²) < 4.78 is 31.5. The number of carbonyl (C=O) groups excluding carboxylic acids is 2. The number of hydrogen-bond acceptors (Lipinski definition) is 10. The Morgan fingerprint density at radius 1 is 0.600 bits per heavy atom. The summed E-state index contributed by atoms with van der Waals surface area (Å²) in [7, 11) is 8.97. The largest absolute Gasteiger partial charge is 0.496 e. The van der Waals surface area contributed by atoms with E-state index in [1.165, 1.54) is 55.1 Å². The van der Waals surface area contributed by atoms with Crippen LogP contribution in [0.1, 0.15) is 17.5 Å². The van der Waals surface area contributed by atoms with Gasteiger partial charge in [-0.15, -0.1) is 0 Å². The predicted molar refractivity (Wildman–Crippen MR) is 128 cm³/mol. The zero-order chi connectivity index (χ0) is 25.8. The number of hydrogen-bond donors (Lipinski definition) is 2. The SMILES string of the molecule is COc1cc(OC)c(OC)cc1/C=N\NC(=O)CC(=O)N/N=C\c1cc(OC)c(OC)cc1OC. The summed E-state index contributed by atoms with van der Waals surface area (Å²) in [4.78, 5) is 24.1. The molecule has 0 aliphatic rings. The number of ether oxygens (including phenoxy) is 6. The zero-order valence-corrected chi connectivity index (χ0v) is 20.3. The van der Waals surface area contributed by atoms with Crippen LogP contribution < -0.4 is 39.3 Å². The van der Waals surface area contributed by atoms with Crippen molar-refractivity contribution in [3.05, 3.63) is 35.4 Å². The van der Waals surface area contributed by atoms with Crippen molar-refractivity contribution in [3.8, 4) is 34.5 Å². The van der Waals surface area contributed by atoms with Crippen molar-refractivity contribution in [2.45, 2.75) is 6.42 Å². The van der Waals surface area contributed by atoms with Gasteiger partial charge in [-0.1, -0.05) is 0 Å². The van der Waals surface area contributed by atoms with E-state index in [2.05, 4.69) is 21.1 Å². The first-order valence-corrected chi connectivity index (χ1v) is 10.1. The second-order valence-electron chi connectivity index (χ2n) is 6.66. The van der Waals surface area contributed by atoms with E-state index in [4.69, 9.17) is 28.4 Å². The molecule has 2 amide bonds. The Hall–Kier alpha value is -4.48. The van der Waals surface area contributed by atoms with Crippen LogP contribution in [0.15, 0.2) is 34.5 Å². The van der Waals surface area contributed by atoms with Gasteiger partial charge in [0.1, 0.15) is 17.9 Å². The van der Waals surface area contributed by atoms with Crippen molar-refractivity contribution in [1.29, 1.82) is 0 Å². The average Bonchev–Trinajstić information content (AvgIpc) is 2.87. The smallest absolute Gasteiger partial charge is 0.249 e. The van der Waals surface area contributed by atoms with Crippen molar-refractivity contribution in [2.24, 2.45) is 10.2 Å². The van der Waals surface area contributed by atoms with Gasteiger partial charge in [-0.05, 0) is 12.1 Å². The van der Waals surface area contributed by atoms with Gasteiger partial charge < -0.3 is 28.4 Å². The summed E-state index contributed by atoms with van der Waals surface area (Å²) in [6, 6.07) is 6.52. The molecule has 2 aromatic rings. The third-order valence-corrected chi connectivity index (χ3v) is 4.58. The van der Waals surface area contributed by atoms with E-state index in [1.54, 1.807) is 24.3 Å². The number of nitrogens with one attached hydrogen (secondary N) is 2. The summed E-state index contributed by atoms with van der Waals surface area (Å²) in [5, 5.41) is 7.72. The lowest BCUT2D eigenvalue weighted by Gasteiger charge is -2.11. The van der Waals surface area contributed by atoms with E-state index < -0.39 is 18.2 Å². The van der Waals surface area contributed by atoms with E-state index in [0.29, 0.717) is 45.6 Å². The molecule has 2 rings (SSSR count). The van der Waals surface area contributed by atoms with Crippen LogP contribution in [0.4, 0.5) is 0 Å².